The first-order valence-electron chi connectivity index (χ1n) is 8.09. The molecule has 0 bridgehead atoms. The monoisotopic (exact) mass is 332 g/mol. The van der Waals surface area contributed by atoms with E-state index in [-0.39, 0.29) is 6.03 Å². The number of carbonyl (C=O) groups excluding carboxylic acids is 1. The lowest BCUT2D eigenvalue weighted by molar-refractivity contribution is 0.0930. The van der Waals surface area contributed by atoms with Crippen LogP contribution in [-0.4, -0.2) is 25.8 Å². The van der Waals surface area contributed by atoms with Crippen LogP contribution in [0.2, 0.25) is 0 Å². The number of ether oxygens (including phenoxy) is 2. The van der Waals surface area contributed by atoms with Gasteiger partial charge in [0.25, 0.3) is 0 Å². The first-order valence-corrected chi connectivity index (χ1v) is 8.09. The van der Waals surface area contributed by atoms with Crippen LogP contribution in [0.3, 0.4) is 0 Å². The van der Waals surface area contributed by atoms with Gasteiger partial charge in [-0.05, 0) is 43.2 Å². The quantitative estimate of drug-likeness (QED) is 0.653. The van der Waals surface area contributed by atoms with E-state index < -0.39 is 0 Å². The van der Waals surface area contributed by atoms with Crippen molar-refractivity contribution in [2.45, 2.75) is 26.6 Å². The van der Waals surface area contributed by atoms with E-state index in [9.17, 15) is 4.79 Å². The van der Waals surface area contributed by atoms with Crippen LogP contribution in [0, 0.1) is 0 Å². The summed E-state index contributed by atoms with van der Waals surface area (Å²) in [6, 6.07) is 11.0. The Balaban J connectivity index is 1.70. The van der Waals surface area contributed by atoms with Gasteiger partial charge in [0.1, 0.15) is 12.4 Å². The third-order valence-corrected chi connectivity index (χ3v) is 3.23. The largest absolute Gasteiger partial charge is 0.467 e. The van der Waals surface area contributed by atoms with Gasteiger partial charge in [-0.25, -0.2) is 4.79 Å². The number of amides is 2. The zero-order valence-electron chi connectivity index (χ0n) is 13.9. The second kappa shape index (κ2) is 10.5. The summed E-state index contributed by atoms with van der Waals surface area (Å²) >= 11 is 0. The van der Waals surface area contributed by atoms with E-state index in [2.05, 4.69) is 10.6 Å². The molecule has 0 radical (unpaired) electrons. The second-order valence-corrected chi connectivity index (χ2v) is 5.20. The Bertz CT molecular complexity index is 599. The zero-order chi connectivity index (χ0) is 17.0. The molecule has 0 aliphatic heterocycles. The smallest absolute Gasteiger partial charge is 0.319 e. The van der Waals surface area contributed by atoms with E-state index in [1.54, 1.807) is 6.26 Å². The first kappa shape index (κ1) is 18.0. The van der Waals surface area contributed by atoms with Crippen molar-refractivity contribution in [2.24, 2.45) is 0 Å². The molecule has 2 amide bonds. The van der Waals surface area contributed by atoms with Crippen LogP contribution in [0.4, 0.5) is 10.5 Å². The van der Waals surface area contributed by atoms with Gasteiger partial charge in [-0.1, -0.05) is 12.1 Å². The minimum absolute atomic E-state index is 0.222. The van der Waals surface area contributed by atoms with Crippen LogP contribution in [-0.2, 0) is 22.7 Å². The fourth-order valence-corrected chi connectivity index (χ4v) is 2.10. The molecule has 2 aromatic rings. The van der Waals surface area contributed by atoms with Crippen molar-refractivity contribution >= 4 is 11.7 Å². The molecule has 2 rings (SSSR count). The summed E-state index contributed by atoms with van der Waals surface area (Å²) in [6.45, 7) is 4.75. The molecule has 0 saturated carbocycles. The van der Waals surface area contributed by atoms with Crippen molar-refractivity contribution in [3.05, 3.63) is 54.0 Å². The van der Waals surface area contributed by atoms with Crippen LogP contribution < -0.4 is 10.6 Å². The van der Waals surface area contributed by atoms with Crippen LogP contribution in [0.5, 0.6) is 0 Å². The fourth-order valence-electron chi connectivity index (χ4n) is 2.10. The van der Waals surface area contributed by atoms with E-state index in [4.69, 9.17) is 13.9 Å². The van der Waals surface area contributed by atoms with Crippen LogP contribution in [0.25, 0.3) is 0 Å². The highest BCUT2D eigenvalue weighted by atomic mass is 16.5. The second-order valence-electron chi connectivity index (χ2n) is 5.20. The van der Waals surface area contributed by atoms with E-state index in [1.807, 2.05) is 43.3 Å². The average molecular weight is 332 g/mol. The molecule has 1 aromatic carbocycles. The summed E-state index contributed by atoms with van der Waals surface area (Å²) < 4.78 is 16.0. The zero-order valence-corrected chi connectivity index (χ0v) is 13.9. The number of hydrogen-bond donors (Lipinski definition) is 2. The highest BCUT2D eigenvalue weighted by molar-refractivity contribution is 5.89. The Hall–Kier alpha value is -2.31. The fraction of sp³-hybridized carbons (Fsp3) is 0.389. The predicted molar refractivity (Wildman–Crippen MR) is 91.8 cm³/mol. The minimum atomic E-state index is -0.222. The van der Waals surface area contributed by atoms with Gasteiger partial charge in [0.15, 0.2) is 0 Å². The lowest BCUT2D eigenvalue weighted by Crippen LogP contribution is -2.30. The molecule has 6 nitrogen and oxygen atoms in total. The number of carbonyl (C=O) groups is 1. The Morgan fingerprint density at radius 3 is 2.88 bits per heavy atom. The standard InChI is InChI=1S/C18H24N2O4/c1-2-22-10-5-9-19-18(21)20-16-7-3-6-15(12-16)13-23-14-17-8-4-11-24-17/h3-4,6-8,11-12H,2,5,9-10,13-14H2,1H3,(H2,19,20,21). The highest BCUT2D eigenvalue weighted by Gasteiger charge is 2.03. The molecule has 0 atom stereocenters. The Kier molecular flexibility index (Phi) is 7.86. The van der Waals surface area contributed by atoms with Crippen molar-refractivity contribution in [1.29, 1.82) is 0 Å². The molecule has 0 aliphatic rings. The molecular weight excluding hydrogens is 308 g/mol. The molecular formula is C18H24N2O4. The van der Waals surface area contributed by atoms with E-state index in [0.717, 1.165) is 23.4 Å². The molecule has 0 unspecified atom stereocenters. The number of anilines is 1. The third kappa shape index (κ3) is 6.85. The summed E-state index contributed by atoms with van der Waals surface area (Å²) in [5.41, 5.74) is 1.71. The maximum atomic E-state index is 11.8. The van der Waals surface area contributed by atoms with Crippen molar-refractivity contribution in [3.63, 3.8) is 0 Å². The van der Waals surface area contributed by atoms with Gasteiger partial charge in [0.05, 0.1) is 12.9 Å². The number of benzene rings is 1. The first-order chi connectivity index (χ1) is 11.8. The summed E-state index contributed by atoms with van der Waals surface area (Å²) in [5.74, 6) is 0.788. The van der Waals surface area contributed by atoms with Gasteiger partial charge < -0.3 is 24.5 Å². The molecule has 2 N–H and O–H groups in total. The van der Waals surface area contributed by atoms with Crippen LogP contribution in [0.15, 0.2) is 47.1 Å². The SMILES string of the molecule is CCOCCCNC(=O)Nc1cccc(COCc2ccco2)c1. The number of hydrogen-bond acceptors (Lipinski definition) is 4. The summed E-state index contributed by atoms with van der Waals surface area (Å²) in [4.78, 5) is 11.8. The lowest BCUT2D eigenvalue weighted by atomic mass is 10.2. The summed E-state index contributed by atoms with van der Waals surface area (Å²) in [6.07, 6.45) is 2.41. The number of rotatable bonds is 10. The molecule has 0 fully saturated rings. The molecule has 0 saturated heterocycles. The van der Waals surface area contributed by atoms with Gasteiger partial charge in [-0.3, -0.25) is 0 Å². The topological polar surface area (TPSA) is 72.7 Å². The molecule has 130 valence electrons. The Morgan fingerprint density at radius 1 is 1.17 bits per heavy atom. The number of nitrogens with one attached hydrogen (secondary N) is 2. The lowest BCUT2D eigenvalue weighted by Gasteiger charge is -2.09. The average Bonchev–Trinajstić information content (AvgIpc) is 3.08. The van der Waals surface area contributed by atoms with Crippen LogP contribution in [0.1, 0.15) is 24.7 Å². The third-order valence-electron chi connectivity index (χ3n) is 3.23. The Labute approximate surface area is 142 Å². The Morgan fingerprint density at radius 2 is 2.08 bits per heavy atom. The van der Waals surface area contributed by atoms with Gasteiger partial charge in [0.2, 0.25) is 0 Å². The highest BCUT2D eigenvalue weighted by Crippen LogP contribution is 2.12. The van der Waals surface area contributed by atoms with Crippen molar-refractivity contribution in [1.82, 2.24) is 5.32 Å². The maximum Gasteiger partial charge on any atom is 0.319 e. The molecule has 1 aromatic heterocycles. The van der Waals surface area contributed by atoms with Gasteiger partial charge in [-0.2, -0.15) is 0 Å². The molecule has 6 heteroatoms. The van der Waals surface area contributed by atoms with Gasteiger partial charge in [-0.15, -0.1) is 0 Å². The van der Waals surface area contributed by atoms with E-state index >= 15 is 0 Å². The van der Waals surface area contributed by atoms with E-state index in [1.165, 1.54) is 0 Å². The summed E-state index contributed by atoms with van der Waals surface area (Å²) in [7, 11) is 0. The minimum Gasteiger partial charge on any atom is -0.467 e. The molecule has 0 aliphatic carbocycles. The molecule has 24 heavy (non-hydrogen) atoms. The van der Waals surface area contributed by atoms with E-state index in [0.29, 0.717) is 33.0 Å². The summed E-state index contributed by atoms with van der Waals surface area (Å²) in [5, 5.41) is 5.61. The molecule has 1 heterocycles. The maximum absolute atomic E-state index is 11.8. The van der Waals surface area contributed by atoms with Crippen molar-refractivity contribution < 1.29 is 18.7 Å². The predicted octanol–water partition coefficient (Wildman–Crippen LogP) is 3.54. The normalized spacial score (nSPS) is 10.5. The number of urea groups is 1. The van der Waals surface area contributed by atoms with Gasteiger partial charge in [0, 0.05) is 25.4 Å². The van der Waals surface area contributed by atoms with Crippen molar-refractivity contribution in [3.8, 4) is 0 Å². The number of furan rings is 1. The van der Waals surface area contributed by atoms with Gasteiger partial charge >= 0.3 is 6.03 Å². The van der Waals surface area contributed by atoms with Crippen LogP contribution >= 0.6 is 0 Å². The van der Waals surface area contributed by atoms with Crippen molar-refractivity contribution in [2.75, 3.05) is 25.1 Å². The molecule has 0 spiro atoms.